The topological polar surface area (TPSA) is 86.9 Å². The van der Waals surface area contributed by atoms with Crippen molar-refractivity contribution in [2.45, 2.75) is 32.2 Å². The van der Waals surface area contributed by atoms with Crippen LogP contribution in [0, 0.1) is 0 Å². The summed E-state index contributed by atoms with van der Waals surface area (Å²) in [6, 6.07) is 13.9. The van der Waals surface area contributed by atoms with Crippen molar-refractivity contribution in [1.82, 2.24) is 24.1 Å². The van der Waals surface area contributed by atoms with Crippen molar-refractivity contribution in [2.24, 2.45) is 7.05 Å². The summed E-state index contributed by atoms with van der Waals surface area (Å²) in [6.07, 6.45) is 7.08. The van der Waals surface area contributed by atoms with E-state index in [4.69, 9.17) is 14.7 Å². The Morgan fingerprint density at radius 1 is 1.06 bits per heavy atom. The summed E-state index contributed by atoms with van der Waals surface area (Å²) in [7, 11) is 3.61. The van der Waals surface area contributed by atoms with Crippen molar-refractivity contribution in [3.8, 4) is 28.5 Å². The highest BCUT2D eigenvalue weighted by Crippen LogP contribution is 2.35. The van der Waals surface area contributed by atoms with E-state index in [1.54, 1.807) is 13.2 Å². The molecule has 0 saturated carbocycles. The van der Waals surface area contributed by atoms with Gasteiger partial charge in [0.1, 0.15) is 29.0 Å². The Kier molecular flexibility index (Phi) is 5.64. The van der Waals surface area contributed by atoms with Crippen LogP contribution in [0.15, 0.2) is 48.7 Å². The van der Waals surface area contributed by atoms with Gasteiger partial charge in [-0.3, -0.25) is 4.79 Å². The zero-order valence-corrected chi connectivity index (χ0v) is 20.5. The molecule has 36 heavy (non-hydrogen) atoms. The third-order valence-electron chi connectivity index (χ3n) is 6.97. The number of imidazole rings is 1. The Bertz CT molecular complexity index is 1600. The fraction of sp³-hybridized carbons (Fsp3) is 0.286. The molecule has 5 aromatic rings. The van der Waals surface area contributed by atoms with E-state index < -0.39 is 0 Å². The zero-order chi connectivity index (χ0) is 24.6. The third kappa shape index (κ3) is 3.69. The average molecular weight is 481 g/mol. The van der Waals surface area contributed by atoms with E-state index in [-0.39, 0.29) is 0 Å². The third-order valence-corrected chi connectivity index (χ3v) is 6.97. The number of hydrogen-bond donors (Lipinski definition) is 1. The van der Waals surface area contributed by atoms with Crippen LogP contribution in [0.5, 0.6) is 5.75 Å². The Hall–Kier alpha value is -4.20. The molecule has 5 heterocycles. The summed E-state index contributed by atoms with van der Waals surface area (Å²) in [5.41, 5.74) is 5.97. The molecule has 6 rings (SSSR count). The number of hydrogen-bond acceptors (Lipinski definition) is 6. The Morgan fingerprint density at radius 2 is 1.94 bits per heavy atom. The first kappa shape index (κ1) is 22.3. The first-order chi connectivity index (χ1) is 17.7. The lowest BCUT2D eigenvalue weighted by atomic mass is 10.1. The second kappa shape index (κ2) is 9.11. The van der Waals surface area contributed by atoms with Gasteiger partial charge < -0.3 is 19.2 Å². The van der Waals surface area contributed by atoms with Crippen LogP contribution in [0.2, 0.25) is 0 Å². The van der Waals surface area contributed by atoms with Crippen molar-refractivity contribution < 1.29 is 9.53 Å². The van der Waals surface area contributed by atoms with E-state index in [0.717, 1.165) is 95.7 Å². The number of benzene rings is 1. The summed E-state index contributed by atoms with van der Waals surface area (Å²) in [5.74, 6) is 2.32. The van der Waals surface area contributed by atoms with Crippen molar-refractivity contribution in [3.63, 3.8) is 0 Å². The van der Waals surface area contributed by atoms with Gasteiger partial charge in [-0.05, 0) is 55.3 Å². The number of fused-ring (bicyclic) bond motifs is 4. The molecular formula is C28H28N6O2. The molecule has 0 atom stereocenters. The monoisotopic (exact) mass is 480 g/mol. The molecule has 2 bridgehead atoms. The van der Waals surface area contributed by atoms with Gasteiger partial charge in [0, 0.05) is 42.8 Å². The molecule has 182 valence electrons. The SMILES string of the molecule is COc1cc(C=O)cc2nc(-c3cc4ccc5nc4n3CCCCCCNc3ncccc3-5)n(C)c12. The van der Waals surface area contributed by atoms with Crippen molar-refractivity contribution in [3.05, 3.63) is 54.2 Å². The highest BCUT2D eigenvalue weighted by molar-refractivity contribution is 5.93. The number of nitrogens with zero attached hydrogens (tertiary/aromatic N) is 5. The molecular weight excluding hydrogens is 452 g/mol. The first-order valence-electron chi connectivity index (χ1n) is 12.4. The van der Waals surface area contributed by atoms with Crippen LogP contribution in [0.25, 0.3) is 44.8 Å². The van der Waals surface area contributed by atoms with Gasteiger partial charge in [0.15, 0.2) is 5.82 Å². The molecule has 8 heteroatoms. The smallest absolute Gasteiger partial charge is 0.157 e. The lowest BCUT2D eigenvalue weighted by Gasteiger charge is -2.11. The molecule has 0 unspecified atom stereocenters. The van der Waals surface area contributed by atoms with Gasteiger partial charge >= 0.3 is 0 Å². The highest BCUT2D eigenvalue weighted by Gasteiger charge is 2.21. The number of aldehydes is 1. The minimum atomic E-state index is 0.544. The first-order valence-corrected chi connectivity index (χ1v) is 12.4. The maximum atomic E-state index is 11.5. The number of rotatable bonds is 3. The zero-order valence-electron chi connectivity index (χ0n) is 20.5. The molecule has 0 spiro atoms. The highest BCUT2D eigenvalue weighted by atomic mass is 16.5. The second-order valence-corrected chi connectivity index (χ2v) is 9.23. The lowest BCUT2D eigenvalue weighted by Crippen LogP contribution is -2.05. The summed E-state index contributed by atoms with van der Waals surface area (Å²) < 4.78 is 9.95. The van der Waals surface area contributed by atoms with E-state index in [0.29, 0.717) is 11.3 Å². The predicted octanol–water partition coefficient (Wildman–Crippen LogP) is 5.46. The van der Waals surface area contributed by atoms with E-state index in [1.165, 1.54) is 0 Å². The van der Waals surface area contributed by atoms with Crippen molar-refractivity contribution in [2.75, 3.05) is 19.0 Å². The number of ether oxygens (including phenoxy) is 1. The van der Waals surface area contributed by atoms with Gasteiger partial charge in [0.05, 0.1) is 24.0 Å². The summed E-state index contributed by atoms with van der Waals surface area (Å²) in [4.78, 5) is 26.2. The minimum absolute atomic E-state index is 0.544. The number of anilines is 1. The number of aromatic nitrogens is 5. The van der Waals surface area contributed by atoms with Gasteiger partial charge in [-0.15, -0.1) is 0 Å². The van der Waals surface area contributed by atoms with Gasteiger partial charge in [0.25, 0.3) is 0 Å². The summed E-state index contributed by atoms with van der Waals surface area (Å²) in [6.45, 7) is 1.75. The molecule has 4 aromatic heterocycles. The molecule has 1 N–H and O–H groups in total. The van der Waals surface area contributed by atoms with Crippen LogP contribution in [-0.4, -0.2) is 44.0 Å². The van der Waals surface area contributed by atoms with Crippen molar-refractivity contribution in [1.29, 1.82) is 0 Å². The molecule has 0 saturated heterocycles. The van der Waals surface area contributed by atoms with Gasteiger partial charge in [-0.2, -0.15) is 0 Å². The van der Waals surface area contributed by atoms with Crippen LogP contribution < -0.4 is 10.1 Å². The second-order valence-electron chi connectivity index (χ2n) is 9.23. The van der Waals surface area contributed by atoms with E-state index in [9.17, 15) is 4.79 Å². The standard InChI is InChI=1S/C28H28N6O2/c1-33-25-22(14-18(17-35)15-24(25)36-2)32-28(33)23-16-19-9-10-21-20-8-7-12-30-26(20)29-11-5-3-4-6-13-34(23)27(19)31-21/h7-10,12,14-17H,3-6,11,13H2,1-2H3,(H,29,30). The van der Waals surface area contributed by atoms with Crippen LogP contribution in [0.3, 0.4) is 0 Å². The summed E-state index contributed by atoms with van der Waals surface area (Å²) >= 11 is 0. The normalized spacial score (nSPS) is 14.1. The fourth-order valence-corrected chi connectivity index (χ4v) is 5.18. The molecule has 1 aliphatic rings. The van der Waals surface area contributed by atoms with Gasteiger partial charge in [-0.1, -0.05) is 12.8 Å². The number of nitrogens with one attached hydrogen (secondary N) is 1. The Balaban J connectivity index is 1.57. The molecule has 1 aliphatic heterocycles. The van der Waals surface area contributed by atoms with Gasteiger partial charge in [-0.25, -0.2) is 15.0 Å². The molecule has 8 nitrogen and oxygen atoms in total. The number of carbonyl (C=O) groups is 1. The largest absolute Gasteiger partial charge is 0.494 e. The van der Waals surface area contributed by atoms with E-state index >= 15 is 0 Å². The number of aryl methyl sites for hydroxylation is 2. The Labute approximate surface area is 209 Å². The molecule has 0 fully saturated rings. The average Bonchev–Trinajstić information content (AvgIpc) is 3.44. The lowest BCUT2D eigenvalue weighted by molar-refractivity contribution is 0.112. The molecule has 0 amide bonds. The predicted molar refractivity (Wildman–Crippen MR) is 142 cm³/mol. The number of pyridine rings is 2. The van der Waals surface area contributed by atoms with Crippen LogP contribution in [0.4, 0.5) is 5.82 Å². The van der Waals surface area contributed by atoms with Crippen LogP contribution in [0.1, 0.15) is 36.0 Å². The molecule has 0 radical (unpaired) electrons. The van der Waals surface area contributed by atoms with Crippen LogP contribution in [-0.2, 0) is 13.6 Å². The Morgan fingerprint density at radius 3 is 2.81 bits per heavy atom. The number of carbonyl (C=O) groups excluding carboxylic acids is 1. The van der Waals surface area contributed by atoms with E-state index in [2.05, 4.69) is 39.1 Å². The number of methoxy groups -OCH3 is 1. The van der Waals surface area contributed by atoms with Crippen molar-refractivity contribution >= 4 is 34.2 Å². The quantitative estimate of drug-likeness (QED) is 0.345. The minimum Gasteiger partial charge on any atom is -0.494 e. The van der Waals surface area contributed by atoms with Gasteiger partial charge in [0.2, 0.25) is 0 Å². The molecule has 0 aliphatic carbocycles. The van der Waals surface area contributed by atoms with E-state index in [1.807, 2.05) is 29.9 Å². The molecule has 1 aromatic carbocycles. The van der Waals surface area contributed by atoms with Crippen LogP contribution >= 0.6 is 0 Å². The maximum Gasteiger partial charge on any atom is 0.157 e. The fourth-order valence-electron chi connectivity index (χ4n) is 5.18. The summed E-state index contributed by atoms with van der Waals surface area (Å²) in [5, 5.41) is 4.57. The maximum absolute atomic E-state index is 11.5.